The van der Waals surface area contributed by atoms with E-state index in [9.17, 15) is 9.59 Å². The van der Waals surface area contributed by atoms with Gasteiger partial charge in [0.1, 0.15) is 6.61 Å². The first-order chi connectivity index (χ1) is 14.1. The standard InChI is InChI=1S/C22H26N4O3.ClH/c1-3-25(4-2)13-16-9-17(23-12-16)11-19-18-10-15(5-6-20(18)24-21(19)27)14-26-7-8-29-22(26)28;/h5-6,9-12,23H,3-4,7-8,13-14H2,1-2H3,(H,24,27);1H. The largest absolute Gasteiger partial charge is 0.448 e. The van der Waals surface area contributed by atoms with E-state index in [1.807, 2.05) is 30.5 Å². The SMILES string of the molecule is CCN(CC)Cc1c[nH]c(C=C2C(=O)Nc3ccc(CN4CCOC4=O)cc32)c1.Cl. The van der Waals surface area contributed by atoms with Gasteiger partial charge in [0.15, 0.2) is 0 Å². The number of carbonyl (C=O) groups excluding carboxylic acids is 2. The van der Waals surface area contributed by atoms with Crippen molar-refractivity contribution in [2.24, 2.45) is 0 Å². The third kappa shape index (κ3) is 4.52. The number of anilines is 1. The van der Waals surface area contributed by atoms with Crippen LogP contribution in [0, 0.1) is 0 Å². The van der Waals surface area contributed by atoms with Crippen LogP contribution in [-0.4, -0.2) is 53.0 Å². The summed E-state index contributed by atoms with van der Waals surface area (Å²) in [6.07, 6.45) is 3.59. The minimum atomic E-state index is -0.289. The van der Waals surface area contributed by atoms with Crippen LogP contribution in [-0.2, 0) is 22.6 Å². The molecule has 2 aromatic rings. The fourth-order valence-corrected chi connectivity index (χ4v) is 3.76. The van der Waals surface area contributed by atoms with E-state index in [-0.39, 0.29) is 24.4 Å². The van der Waals surface area contributed by atoms with Crippen LogP contribution in [0.3, 0.4) is 0 Å². The first-order valence-corrected chi connectivity index (χ1v) is 10.0. The Labute approximate surface area is 182 Å². The van der Waals surface area contributed by atoms with Crippen LogP contribution in [0.4, 0.5) is 10.5 Å². The first-order valence-electron chi connectivity index (χ1n) is 10.0. The van der Waals surface area contributed by atoms with Crippen molar-refractivity contribution in [1.29, 1.82) is 0 Å². The van der Waals surface area contributed by atoms with Crippen molar-refractivity contribution in [3.8, 4) is 0 Å². The van der Waals surface area contributed by atoms with Crippen LogP contribution in [0.2, 0.25) is 0 Å². The maximum atomic E-state index is 12.5. The molecule has 0 unspecified atom stereocenters. The first kappa shape index (κ1) is 21.9. The summed E-state index contributed by atoms with van der Waals surface area (Å²) in [6, 6.07) is 7.89. The zero-order valence-electron chi connectivity index (χ0n) is 17.2. The Morgan fingerprint density at radius 2 is 1.97 bits per heavy atom. The minimum Gasteiger partial charge on any atom is -0.448 e. The molecule has 1 aromatic heterocycles. The number of cyclic esters (lactones) is 1. The molecule has 8 heteroatoms. The number of H-pyrrole nitrogens is 1. The third-order valence-electron chi connectivity index (χ3n) is 5.45. The Kier molecular flexibility index (Phi) is 6.84. The summed E-state index contributed by atoms with van der Waals surface area (Å²) in [5, 5.41) is 2.92. The molecule has 0 aliphatic carbocycles. The number of aromatic amines is 1. The van der Waals surface area contributed by atoms with E-state index in [0.717, 1.165) is 42.1 Å². The summed E-state index contributed by atoms with van der Waals surface area (Å²) >= 11 is 0. The lowest BCUT2D eigenvalue weighted by atomic mass is 10.0. The van der Waals surface area contributed by atoms with E-state index in [1.165, 1.54) is 5.56 Å². The van der Waals surface area contributed by atoms with Crippen LogP contribution in [0.15, 0.2) is 30.5 Å². The molecule has 0 atom stereocenters. The van der Waals surface area contributed by atoms with Crippen LogP contribution in [0.25, 0.3) is 11.6 Å². The lowest BCUT2D eigenvalue weighted by molar-refractivity contribution is -0.110. The zero-order valence-corrected chi connectivity index (χ0v) is 18.1. The molecule has 30 heavy (non-hydrogen) atoms. The number of aromatic nitrogens is 1. The summed E-state index contributed by atoms with van der Waals surface area (Å²) in [4.78, 5) is 31.5. The third-order valence-corrected chi connectivity index (χ3v) is 5.45. The Balaban J connectivity index is 0.00000256. The number of amides is 2. The van der Waals surface area contributed by atoms with E-state index >= 15 is 0 Å². The quantitative estimate of drug-likeness (QED) is 0.656. The van der Waals surface area contributed by atoms with Crippen LogP contribution < -0.4 is 5.32 Å². The van der Waals surface area contributed by atoms with Crippen molar-refractivity contribution in [3.05, 3.63) is 52.8 Å². The van der Waals surface area contributed by atoms with Crippen molar-refractivity contribution in [1.82, 2.24) is 14.8 Å². The monoisotopic (exact) mass is 430 g/mol. The topological polar surface area (TPSA) is 77.7 Å². The maximum absolute atomic E-state index is 12.5. The predicted octanol–water partition coefficient (Wildman–Crippen LogP) is 3.72. The maximum Gasteiger partial charge on any atom is 0.410 e. The summed E-state index contributed by atoms with van der Waals surface area (Å²) in [6.45, 7) is 8.68. The van der Waals surface area contributed by atoms with Gasteiger partial charge in [0.25, 0.3) is 5.91 Å². The molecule has 4 rings (SSSR count). The second kappa shape index (κ2) is 9.36. The Hall–Kier alpha value is -2.77. The number of hydrogen-bond acceptors (Lipinski definition) is 4. The highest BCUT2D eigenvalue weighted by Crippen LogP contribution is 2.34. The molecule has 160 valence electrons. The number of rotatable bonds is 7. The van der Waals surface area contributed by atoms with Crippen LogP contribution in [0.5, 0.6) is 0 Å². The molecular weight excluding hydrogens is 404 g/mol. The number of nitrogens with one attached hydrogen (secondary N) is 2. The molecule has 1 fully saturated rings. The molecule has 0 radical (unpaired) electrons. The van der Waals surface area contributed by atoms with Crippen molar-refractivity contribution in [3.63, 3.8) is 0 Å². The second-order valence-corrected chi connectivity index (χ2v) is 7.35. The Morgan fingerprint density at radius 1 is 1.17 bits per heavy atom. The molecule has 0 bridgehead atoms. The fraction of sp³-hybridized carbons (Fsp3) is 0.364. The number of hydrogen-bond donors (Lipinski definition) is 2. The molecule has 7 nitrogen and oxygen atoms in total. The van der Waals surface area contributed by atoms with Crippen molar-refractivity contribution in [2.45, 2.75) is 26.9 Å². The van der Waals surface area contributed by atoms with Crippen molar-refractivity contribution < 1.29 is 14.3 Å². The highest BCUT2D eigenvalue weighted by atomic mass is 35.5. The zero-order chi connectivity index (χ0) is 20.4. The molecule has 2 amide bonds. The van der Waals surface area contributed by atoms with Gasteiger partial charge in [0.2, 0.25) is 0 Å². The molecule has 1 saturated heterocycles. The number of halogens is 1. The Bertz CT molecular complexity index is 965. The summed E-state index contributed by atoms with van der Waals surface area (Å²) in [5.74, 6) is -0.113. The molecule has 2 aliphatic rings. The summed E-state index contributed by atoms with van der Waals surface area (Å²) in [5.41, 5.74) is 5.35. The molecule has 1 aromatic carbocycles. The smallest absolute Gasteiger partial charge is 0.410 e. The highest BCUT2D eigenvalue weighted by molar-refractivity contribution is 6.34. The van der Waals surface area contributed by atoms with Gasteiger partial charge in [-0.2, -0.15) is 0 Å². The molecule has 3 heterocycles. The van der Waals surface area contributed by atoms with E-state index in [2.05, 4.69) is 35.1 Å². The van der Waals surface area contributed by atoms with Crippen molar-refractivity contribution in [2.75, 3.05) is 31.6 Å². The predicted molar refractivity (Wildman–Crippen MR) is 119 cm³/mol. The van der Waals surface area contributed by atoms with Gasteiger partial charge in [-0.3, -0.25) is 9.69 Å². The average Bonchev–Trinajstić information content (AvgIpc) is 3.41. The number of nitrogens with zero attached hydrogens (tertiary/aromatic N) is 2. The molecule has 0 spiro atoms. The lowest BCUT2D eigenvalue weighted by Crippen LogP contribution is -2.23. The van der Waals surface area contributed by atoms with Gasteiger partial charge in [-0.25, -0.2) is 4.79 Å². The van der Waals surface area contributed by atoms with Crippen molar-refractivity contribution >= 4 is 41.7 Å². The number of carbonyl (C=O) groups is 2. The molecule has 2 N–H and O–H groups in total. The molecular formula is C22H27ClN4O3. The van der Waals surface area contributed by atoms with Gasteiger partial charge < -0.3 is 19.9 Å². The number of fused-ring (bicyclic) bond motifs is 1. The van der Waals surface area contributed by atoms with E-state index in [1.54, 1.807) is 4.90 Å². The van der Waals surface area contributed by atoms with Gasteiger partial charge in [0.05, 0.1) is 12.1 Å². The molecule has 0 saturated carbocycles. The van der Waals surface area contributed by atoms with Gasteiger partial charge in [-0.05, 0) is 48.5 Å². The second-order valence-electron chi connectivity index (χ2n) is 7.35. The minimum absolute atomic E-state index is 0. The highest BCUT2D eigenvalue weighted by Gasteiger charge is 2.26. The Morgan fingerprint density at radius 3 is 2.67 bits per heavy atom. The summed E-state index contributed by atoms with van der Waals surface area (Å²) in [7, 11) is 0. The van der Waals surface area contributed by atoms with Gasteiger partial charge in [-0.15, -0.1) is 12.4 Å². The fourth-order valence-electron chi connectivity index (χ4n) is 3.76. The van der Waals surface area contributed by atoms with E-state index < -0.39 is 0 Å². The van der Waals surface area contributed by atoms with Gasteiger partial charge in [-0.1, -0.05) is 19.9 Å². The normalized spacial score (nSPS) is 16.6. The van der Waals surface area contributed by atoms with Crippen LogP contribution >= 0.6 is 12.4 Å². The van der Waals surface area contributed by atoms with Gasteiger partial charge >= 0.3 is 6.09 Å². The number of benzene rings is 1. The van der Waals surface area contributed by atoms with E-state index in [0.29, 0.717) is 25.3 Å². The average molecular weight is 431 g/mol. The van der Waals surface area contributed by atoms with E-state index in [4.69, 9.17) is 4.74 Å². The lowest BCUT2D eigenvalue weighted by Gasteiger charge is -2.16. The van der Waals surface area contributed by atoms with Gasteiger partial charge in [0, 0.05) is 36.2 Å². The van der Waals surface area contributed by atoms with Crippen LogP contribution in [0.1, 0.15) is 36.2 Å². The molecule has 2 aliphatic heterocycles. The summed E-state index contributed by atoms with van der Waals surface area (Å²) < 4.78 is 4.99. The number of ether oxygens (including phenoxy) is 1.